The van der Waals surface area contributed by atoms with Gasteiger partial charge in [-0.3, -0.25) is 0 Å². The zero-order valence-electron chi connectivity index (χ0n) is 12.1. The molecule has 1 atom stereocenters. The lowest BCUT2D eigenvalue weighted by Crippen LogP contribution is -2.20. The van der Waals surface area contributed by atoms with E-state index in [0.717, 1.165) is 31.4 Å². The predicted octanol–water partition coefficient (Wildman–Crippen LogP) is 2.70. The molecule has 0 aliphatic heterocycles. The van der Waals surface area contributed by atoms with Crippen LogP contribution < -0.4 is 10.2 Å². The average molecular weight is 268 g/mol. The van der Waals surface area contributed by atoms with Crippen LogP contribution in [-0.2, 0) is 0 Å². The number of nitrogens with one attached hydrogen (secondary N) is 1. The highest BCUT2D eigenvalue weighted by molar-refractivity contribution is 5.48. The van der Waals surface area contributed by atoms with Crippen LogP contribution in [0.25, 0.3) is 0 Å². The molecule has 2 N–H and O–H groups in total. The van der Waals surface area contributed by atoms with E-state index in [9.17, 15) is 4.39 Å². The summed E-state index contributed by atoms with van der Waals surface area (Å²) >= 11 is 0. The molecule has 0 radical (unpaired) electrons. The van der Waals surface area contributed by atoms with Crippen molar-refractivity contribution in [3.63, 3.8) is 0 Å². The van der Waals surface area contributed by atoms with E-state index < -0.39 is 0 Å². The van der Waals surface area contributed by atoms with Crippen LogP contribution in [0.3, 0.4) is 0 Å². The normalized spacial score (nSPS) is 12.5. The van der Waals surface area contributed by atoms with Crippen molar-refractivity contribution < 1.29 is 9.50 Å². The molecule has 1 rings (SSSR count). The standard InChI is InChI=1S/C15H25FN2O/c1-12(17-2)13-7-8-15(14(16)11-13)18(3)9-5-4-6-10-19/h7-8,11-12,17,19H,4-6,9-10H2,1-3H3. The van der Waals surface area contributed by atoms with Gasteiger partial charge in [-0.1, -0.05) is 6.07 Å². The summed E-state index contributed by atoms with van der Waals surface area (Å²) < 4.78 is 14.1. The fourth-order valence-electron chi connectivity index (χ4n) is 2.03. The molecule has 0 aliphatic carbocycles. The van der Waals surface area contributed by atoms with Crippen molar-refractivity contribution in [2.24, 2.45) is 0 Å². The van der Waals surface area contributed by atoms with E-state index in [0.29, 0.717) is 5.69 Å². The summed E-state index contributed by atoms with van der Waals surface area (Å²) in [5, 5.41) is 11.8. The number of anilines is 1. The maximum atomic E-state index is 14.1. The van der Waals surface area contributed by atoms with Gasteiger partial charge < -0.3 is 15.3 Å². The first-order valence-corrected chi connectivity index (χ1v) is 6.88. The van der Waals surface area contributed by atoms with Crippen LogP contribution >= 0.6 is 0 Å². The Balaban J connectivity index is 2.62. The Kier molecular flexibility index (Phi) is 6.81. The summed E-state index contributed by atoms with van der Waals surface area (Å²) in [5.41, 5.74) is 1.59. The van der Waals surface area contributed by atoms with E-state index in [-0.39, 0.29) is 18.5 Å². The van der Waals surface area contributed by atoms with Crippen LogP contribution in [0, 0.1) is 5.82 Å². The van der Waals surface area contributed by atoms with E-state index in [1.54, 1.807) is 6.07 Å². The van der Waals surface area contributed by atoms with Gasteiger partial charge in [-0.2, -0.15) is 0 Å². The van der Waals surface area contributed by atoms with Gasteiger partial charge in [0.25, 0.3) is 0 Å². The first-order valence-electron chi connectivity index (χ1n) is 6.88. The van der Waals surface area contributed by atoms with Gasteiger partial charge in [0.05, 0.1) is 5.69 Å². The molecular formula is C15H25FN2O. The fourth-order valence-corrected chi connectivity index (χ4v) is 2.03. The molecule has 4 heteroatoms. The largest absolute Gasteiger partial charge is 0.396 e. The molecule has 0 aromatic heterocycles. The maximum absolute atomic E-state index is 14.1. The highest BCUT2D eigenvalue weighted by Gasteiger charge is 2.10. The number of unbranched alkanes of at least 4 members (excludes halogenated alkanes) is 2. The highest BCUT2D eigenvalue weighted by Crippen LogP contribution is 2.22. The van der Waals surface area contributed by atoms with Gasteiger partial charge in [-0.25, -0.2) is 4.39 Å². The minimum absolute atomic E-state index is 0.151. The van der Waals surface area contributed by atoms with Crippen molar-refractivity contribution in [2.45, 2.75) is 32.2 Å². The topological polar surface area (TPSA) is 35.5 Å². The monoisotopic (exact) mass is 268 g/mol. The third-order valence-electron chi connectivity index (χ3n) is 3.47. The number of halogens is 1. The molecule has 1 aromatic carbocycles. The van der Waals surface area contributed by atoms with Crippen molar-refractivity contribution >= 4 is 5.69 Å². The minimum atomic E-state index is -0.177. The van der Waals surface area contributed by atoms with E-state index in [1.165, 1.54) is 0 Å². The molecule has 0 saturated carbocycles. The van der Waals surface area contributed by atoms with Crippen molar-refractivity contribution in [3.8, 4) is 0 Å². The zero-order valence-corrected chi connectivity index (χ0v) is 12.1. The number of aliphatic hydroxyl groups is 1. The van der Waals surface area contributed by atoms with Crippen LogP contribution in [0.4, 0.5) is 10.1 Å². The Labute approximate surface area is 115 Å². The molecular weight excluding hydrogens is 243 g/mol. The molecule has 3 nitrogen and oxygen atoms in total. The van der Waals surface area contributed by atoms with Crippen molar-refractivity contribution in [1.82, 2.24) is 5.32 Å². The number of hydrogen-bond donors (Lipinski definition) is 2. The molecule has 1 unspecified atom stereocenters. The number of aliphatic hydroxyl groups excluding tert-OH is 1. The predicted molar refractivity (Wildman–Crippen MR) is 78.1 cm³/mol. The van der Waals surface area contributed by atoms with Crippen LogP contribution in [0.1, 0.15) is 37.8 Å². The summed E-state index contributed by atoms with van der Waals surface area (Å²) in [7, 11) is 3.77. The molecule has 0 aliphatic rings. The average Bonchev–Trinajstić information content (AvgIpc) is 2.42. The smallest absolute Gasteiger partial charge is 0.146 e. The second-order valence-corrected chi connectivity index (χ2v) is 4.93. The zero-order chi connectivity index (χ0) is 14.3. The summed E-state index contributed by atoms with van der Waals surface area (Å²) in [4.78, 5) is 1.93. The lowest BCUT2D eigenvalue weighted by Gasteiger charge is -2.21. The van der Waals surface area contributed by atoms with Crippen LogP contribution in [-0.4, -0.2) is 32.4 Å². The van der Waals surface area contributed by atoms with Crippen LogP contribution in [0.5, 0.6) is 0 Å². The van der Waals surface area contributed by atoms with Crippen molar-refractivity contribution in [3.05, 3.63) is 29.6 Å². The second-order valence-electron chi connectivity index (χ2n) is 4.93. The summed E-state index contributed by atoms with van der Waals surface area (Å²) in [6.45, 7) is 3.04. The molecule has 108 valence electrons. The fraction of sp³-hybridized carbons (Fsp3) is 0.600. The minimum Gasteiger partial charge on any atom is -0.396 e. The van der Waals surface area contributed by atoms with E-state index in [1.807, 2.05) is 38.1 Å². The van der Waals surface area contributed by atoms with Crippen LogP contribution in [0.2, 0.25) is 0 Å². The summed E-state index contributed by atoms with van der Waals surface area (Å²) in [6, 6.07) is 5.55. The summed E-state index contributed by atoms with van der Waals surface area (Å²) in [6.07, 6.45) is 2.75. The molecule has 0 spiro atoms. The number of hydrogen-bond acceptors (Lipinski definition) is 3. The number of nitrogens with zero attached hydrogens (tertiary/aromatic N) is 1. The first kappa shape index (κ1) is 15.9. The van der Waals surface area contributed by atoms with E-state index in [2.05, 4.69) is 5.32 Å². The number of benzene rings is 1. The lowest BCUT2D eigenvalue weighted by atomic mass is 10.1. The van der Waals surface area contributed by atoms with Crippen molar-refractivity contribution in [1.29, 1.82) is 0 Å². The van der Waals surface area contributed by atoms with Gasteiger partial charge in [0.15, 0.2) is 0 Å². The Morgan fingerprint density at radius 1 is 1.32 bits per heavy atom. The third kappa shape index (κ3) is 4.80. The SMILES string of the molecule is CNC(C)c1ccc(N(C)CCCCCO)c(F)c1. The van der Waals surface area contributed by atoms with E-state index >= 15 is 0 Å². The summed E-state index contributed by atoms with van der Waals surface area (Å²) in [5.74, 6) is -0.177. The molecule has 0 fully saturated rings. The third-order valence-corrected chi connectivity index (χ3v) is 3.47. The lowest BCUT2D eigenvalue weighted by molar-refractivity contribution is 0.283. The molecule has 19 heavy (non-hydrogen) atoms. The molecule has 0 amide bonds. The van der Waals surface area contributed by atoms with Gasteiger partial charge in [-0.05, 0) is 50.9 Å². The highest BCUT2D eigenvalue weighted by atomic mass is 19.1. The number of rotatable bonds is 8. The van der Waals surface area contributed by atoms with Gasteiger partial charge in [0.1, 0.15) is 5.82 Å². The van der Waals surface area contributed by atoms with Gasteiger partial charge >= 0.3 is 0 Å². The van der Waals surface area contributed by atoms with E-state index in [4.69, 9.17) is 5.11 Å². The van der Waals surface area contributed by atoms with Gasteiger partial charge in [0, 0.05) is 26.2 Å². The van der Waals surface area contributed by atoms with Gasteiger partial charge in [-0.15, -0.1) is 0 Å². The first-order chi connectivity index (χ1) is 9.10. The second kappa shape index (κ2) is 8.12. The Morgan fingerprint density at radius 3 is 2.63 bits per heavy atom. The van der Waals surface area contributed by atoms with Gasteiger partial charge in [0.2, 0.25) is 0 Å². The molecule has 0 saturated heterocycles. The molecule has 1 aromatic rings. The Hall–Kier alpha value is -1.13. The Morgan fingerprint density at radius 2 is 2.05 bits per heavy atom. The van der Waals surface area contributed by atoms with Crippen LogP contribution in [0.15, 0.2) is 18.2 Å². The molecule has 0 heterocycles. The quantitative estimate of drug-likeness (QED) is 0.712. The molecule has 0 bridgehead atoms. The van der Waals surface area contributed by atoms with Crippen molar-refractivity contribution in [2.75, 3.05) is 32.1 Å². The Bertz CT molecular complexity index is 384. The maximum Gasteiger partial charge on any atom is 0.146 e.